The lowest BCUT2D eigenvalue weighted by atomic mass is 10.3. The number of hydrogen-bond acceptors (Lipinski definition) is 4. The summed E-state index contributed by atoms with van der Waals surface area (Å²) in [5.41, 5.74) is 0.724. The molecule has 0 fully saturated rings. The maximum absolute atomic E-state index is 10.3. The van der Waals surface area contributed by atoms with Crippen molar-refractivity contribution in [3.05, 3.63) is 27.5 Å². The third-order valence-corrected chi connectivity index (χ3v) is 1.81. The largest absolute Gasteiger partial charge is 0.289 e. The number of nitro groups is 1. The zero-order chi connectivity index (χ0) is 9.42. The van der Waals surface area contributed by atoms with E-state index >= 15 is 0 Å². The highest BCUT2D eigenvalue weighted by Gasteiger charge is 2.10. The quantitative estimate of drug-likeness (QED) is 0.556. The van der Waals surface area contributed by atoms with Crippen LogP contribution in [0.2, 0.25) is 5.15 Å². The molecule has 0 bridgehead atoms. The molecule has 2 aromatic rings. The fraction of sp³-hybridized carbons (Fsp3) is 0. The van der Waals surface area contributed by atoms with Gasteiger partial charge in [-0.25, -0.2) is 4.98 Å². The Labute approximate surface area is 76.7 Å². The second-order valence-corrected chi connectivity index (χ2v) is 2.73. The van der Waals surface area contributed by atoms with Crippen LogP contribution in [0.25, 0.3) is 11.0 Å². The number of fused-ring (bicyclic) bond motifs is 1. The van der Waals surface area contributed by atoms with Crippen LogP contribution in [0.3, 0.4) is 0 Å². The van der Waals surface area contributed by atoms with Crippen LogP contribution in [0.4, 0.5) is 5.69 Å². The Morgan fingerprint density at radius 2 is 2.38 bits per heavy atom. The Morgan fingerprint density at radius 1 is 1.62 bits per heavy atom. The molecule has 2 aromatic heterocycles. The van der Waals surface area contributed by atoms with Gasteiger partial charge in [-0.05, 0) is 0 Å². The molecule has 2 rings (SSSR count). The van der Waals surface area contributed by atoms with Crippen molar-refractivity contribution in [1.29, 1.82) is 0 Å². The van der Waals surface area contributed by atoms with E-state index in [1.165, 1.54) is 6.07 Å². The lowest BCUT2D eigenvalue weighted by Crippen LogP contribution is -1.88. The fourth-order valence-electron chi connectivity index (χ4n) is 0.959. The second-order valence-electron chi connectivity index (χ2n) is 2.36. The van der Waals surface area contributed by atoms with Crippen LogP contribution < -0.4 is 0 Å². The molecular weight excluding hydrogens is 196 g/mol. The number of rotatable bonds is 1. The molecule has 0 aliphatic carbocycles. The molecule has 0 aromatic carbocycles. The average Bonchev–Trinajstić information content (AvgIpc) is 2.47. The smallest absolute Gasteiger partial charge is 0.265 e. The number of halogens is 1. The Morgan fingerprint density at radius 3 is 3.08 bits per heavy atom. The molecule has 0 unspecified atom stereocenters. The highest BCUT2D eigenvalue weighted by molar-refractivity contribution is 6.33. The summed E-state index contributed by atoms with van der Waals surface area (Å²) >= 11 is 5.65. The van der Waals surface area contributed by atoms with Crippen LogP contribution in [0.1, 0.15) is 0 Å². The van der Waals surface area contributed by atoms with Gasteiger partial charge in [0.25, 0.3) is 5.69 Å². The molecule has 0 aliphatic rings. The Kier molecular flexibility index (Phi) is 1.63. The van der Waals surface area contributed by atoms with E-state index in [0.29, 0.717) is 11.0 Å². The van der Waals surface area contributed by atoms with E-state index in [9.17, 15) is 10.1 Å². The molecule has 0 saturated carbocycles. The monoisotopic (exact) mass is 198 g/mol. The van der Waals surface area contributed by atoms with Gasteiger partial charge in [0.2, 0.25) is 0 Å². The summed E-state index contributed by atoms with van der Waals surface area (Å²) in [4.78, 5) is 13.6. The van der Waals surface area contributed by atoms with E-state index in [2.05, 4.69) is 15.2 Å². The molecule has 1 N–H and O–H groups in total. The van der Waals surface area contributed by atoms with E-state index < -0.39 is 4.92 Å². The van der Waals surface area contributed by atoms with Gasteiger partial charge in [0.05, 0.1) is 4.92 Å². The van der Waals surface area contributed by atoms with Crippen LogP contribution in [-0.4, -0.2) is 20.1 Å². The Balaban J connectivity index is 2.70. The highest BCUT2D eigenvalue weighted by atomic mass is 35.5. The predicted octanol–water partition coefficient (Wildman–Crippen LogP) is 1.52. The van der Waals surface area contributed by atoms with Gasteiger partial charge in [-0.15, -0.1) is 0 Å². The van der Waals surface area contributed by atoms with Crippen molar-refractivity contribution in [1.82, 2.24) is 15.2 Å². The van der Waals surface area contributed by atoms with Crippen molar-refractivity contribution >= 4 is 28.3 Å². The van der Waals surface area contributed by atoms with Crippen molar-refractivity contribution in [2.45, 2.75) is 0 Å². The Bertz CT molecular complexity index is 480. The first-order chi connectivity index (χ1) is 6.18. The molecule has 0 radical (unpaired) electrons. The number of aromatic nitrogens is 3. The molecule has 0 saturated heterocycles. The van der Waals surface area contributed by atoms with Gasteiger partial charge >= 0.3 is 0 Å². The van der Waals surface area contributed by atoms with Crippen LogP contribution in [0.5, 0.6) is 0 Å². The maximum atomic E-state index is 10.3. The fourth-order valence-corrected chi connectivity index (χ4v) is 1.15. The molecule has 2 heterocycles. The Hall–Kier alpha value is -1.69. The van der Waals surface area contributed by atoms with Gasteiger partial charge in [0, 0.05) is 6.07 Å². The molecule has 6 nitrogen and oxygen atoms in total. The number of H-pyrrole nitrogens is 1. The molecule has 66 valence electrons. The third kappa shape index (κ3) is 1.20. The summed E-state index contributed by atoms with van der Waals surface area (Å²) in [5, 5.41) is 16.8. The molecule has 0 spiro atoms. The van der Waals surface area contributed by atoms with Gasteiger partial charge in [0.1, 0.15) is 17.2 Å². The number of hydrogen-bond donors (Lipinski definition) is 1. The summed E-state index contributed by atoms with van der Waals surface area (Å²) in [6.07, 6.45) is 1.14. The van der Waals surface area contributed by atoms with Crippen LogP contribution in [-0.2, 0) is 0 Å². The summed E-state index contributed by atoms with van der Waals surface area (Å²) in [6, 6.07) is 1.31. The van der Waals surface area contributed by atoms with Crippen molar-refractivity contribution in [2.24, 2.45) is 0 Å². The second kappa shape index (κ2) is 2.67. The minimum Gasteiger partial charge on any atom is -0.265 e. The van der Waals surface area contributed by atoms with Crippen molar-refractivity contribution in [3.63, 3.8) is 0 Å². The lowest BCUT2D eigenvalue weighted by molar-refractivity contribution is -0.385. The minimum absolute atomic E-state index is 0.101. The van der Waals surface area contributed by atoms with Gasteiger partial charge < -0.3 is 0 Å². The number of aromatic amines is 1. The summed E-state index contributed by atoms with van der Waals surface area (Å²) in [6.45, 7) is 0. The van der Waals surface area contributed by atoms with Crippen molar-refractivity contribution in [2.75, 3.05) is 0 Å². The lowest BCUT2D eigenvalue weighted by Gasteiger charge is -1.89. The molecule has 7 heteroatoms. The highest BCUT2D eigenvalue weighted by Crippen LogP contribution is 2.21. The summed E-state index contributed by atoms with van der Waals surface area (Å²) < 4.78 is 0. The first-order valence-corrected chi connectivity index (χ1v) is 3.70. The normalized spacial score (nSPS) is 10.5. The van der Waals surface area contributed by atoms with Crippen molar-refractivity contribution < 1.29 is 4.92 Å². The molecular formula is C6H3ClN4O2. The average molecular weight is 199 g/mol. The molecule has 13 heavy (non-hydrogen) atoms. The van der Waals surface area contributed by atoms with E-state index in [4.69, 9.17) is 11.6 Å². The van der Waals surface area contributed by atoms with Gasteiger partial charge in [-0.3, -0.25) is 15.2 Å². The SMILES string of the molecule is O=[N+]([O-])c1cnc2c(Cl)[nH]nc2c1. The van der Waals surface area contributed by atoms with Crippen molar-refractivity contribution in [3.8, 4) is 0 Å². The zero-order valence-electron chi connectivity index (χ0n) is 6.19. The van der Waals surface area contributed by atoms with Crippen LogP contribution in [0, 0.1) is 10.1 Å². The first kappa shape index (κ1) is 7.93. The number of nitrogens with one attached hydrogen (secondary N) is 1. The molecule has 0 aliphatic heterocycles. The minimum atomic E-state index is -0.533. The first-order valence-electron chi connectivity index (χ1n) is 3.32. The predicted molar refractivity (Wildman–Crippen MR) is 45.6 cm³/mol. The van der Waals surface area contributed by atoms with E-state index in [0.717, 1.165) is 6.20 Å². The van der Waals surface area contributed by atoms with Gasteiger partial charge in [-0.2, -0.15) is 5.10 Å². The topological polar surface area (TPSA) is 84.7 Å². The van der Waals surface area contributed by atoms with E-state index in [1.54, 1.807) is 0 Å². The zero-order valence-corrected chi connectivity index (χ0v) is 6.95. The standard InChI is InChI=1S/C6H3ClN4O2/c7-6-5-4(9-10-6)1-3(2-8-5)11(12)13/h1-2H,(H,9,10). The van der Waals surface area contributed by atoms with E-state index in [1.807, 2.05) is 0 Å². The summed E-state index contributed by atoms with van der Waals surface area (Å²) in [5.74, 6) is 0. The number of pyridine rings is 1. The summed E-state index contributed by atoms with van der Waals surface area (Å²) in [7, 11) is 0. The molecule has 0 amide bonds. The van der Waals surface area contributed by atoms with E-state index in [-0.39, 0.29) is 10.8 Å². The van der Waals surface area contributed by atoms with Gasteiger partial charge in [-0.1, -0.05) is 11.6 Å². The number of nitrogens with zero attached hydrogens (tertiary/aromatic N) is 3. The van der Waals surface area contributed by atoms with Crippen LogP contribution >= 0.6 is 11.6 Å². The third-order valence-electron chi connectivity index (χ3n) is 1.55. The maximum Gasteiger partial charge on any atom is 0.289 e. The van der Waals surface area contributed by atoms with Crippen LogP contribution in [0.15, 0.2) is 12.3 Å². The van der Waals surface area contributed by atoms with Gasteiger partial charge in [0.15, 0.2) is 5.15 Å². The molecule has 0 atom stereocenters.